The van der Waals surface area contributed by atoms with Crippen molar-refractivity contribution < 1.29 is 9.47 Å². The fraction of sp³-hybridized carbons (Fsp3) is 0.417. The zero-order valence-electron chi connectivity index (χ0n) is 10.00. The van der Waals surface area contributed by atoms with Crippen LogP contribution in [0.4, 0.5) is 0 Å². The minimum Gasteiger partial charge on any atom is -0.480 e. The van der Waals surface area contributed by atoms with E-state index in [1.54, 1.807) is 16.8 Å². The summed E-state index contributed by atoms with van der Waals surface area (Å²) >= 11 is 0. The van der Waals surface area contributed by atoms with Gasteiger partial charge in [-0.3, -0.25) is 9.36 Å². The minimum absolute atomic E-state index is 0.0781. The maximum Gasteiger partial charge on any atom is 0.252 e. The van der Waals surface area contributed by atoms with Crippen molar-refractivity contribution in [3.05, 3.63) is 28.7 Å². The monoisotopic (exact) mass is 247 g/mol. The van der Waals surface area contributed by atoms with E-state index in [0.29, 0.717) is 23.6 Å². The van der Waals surface area contributed by atoms with Gasteiger partial charge in [0, 0.05) is 12.6 Å². The number of pyridine rings is 1. The molecule has 2 aromatic rings. The molecule has 0 N–H and O–H groups in total. The Labute approximate surface area is 103 Å². The van der Waals surface area contributed by atoms with E-state index in [9.17, 15) is 4.79 Å². The van der Waals surface area contributed by atoms with Crippen molar-refractivity contribution in [2.24, 2.45) is 0 Å². The van der Waals surface area contributed by atoms with Gasteiger partial charge in [0.05, 0.1) is 26.0 Å². The first-order valence-corrected chi connectivity index (χ1v) is 5.80. The van der Waals surface area contributed by atoms with Crippen LogP contribution in [0.3, 0.4) is 0 Å². The van der Waals surface area contributed by atoms with Crippen LogP contribution in [0, 0.1) is 0 Å². The molecule has 2 aromatic heterocycles. The van der Waals surface area contributed by atoms with Gasteiger partial charge in [-0.05, 0) is 12.5 Å². The van der Waals surface area contributed by atoms with Gasteiger partial charge in [0.2, 0.25) is 5.88 Å². The zero-order chi connectivity index (χ0) is 12.5. The van der Waals surface area contributed by atoms with E-state index in [1.807, 2.05) is 0 Å². The summed E-state index contributed by atoms with van der Waals surface area (Å²) in [6, 6.07) is 3.19. The number of aryl methyl sites for hydroxylation is 1. The van der Waals surface area contributed by atoms with E-state index in [2.05, 4.69) is 9.97 Å². The van der Waals surface area contributed by atoms with Crippen molar-refractivity contribution in [1.82, 2.24) is 14.5 Å². The number of fused-ring (bicyclic) bond motifs is 1. The predicted molar refractivity (Wildman–Crippen MR) is 64.7 cm³/mol. The van der Waals surface area contributed by atoms with Crippen LogP contribution in [-0.2, 0) is 11.3 Å². The summed E-state index contributed by atoms with van der Waals surface area (Å²) in [6.45, 7) is 1.37. The maximum absolute atomic E-state index is 11.9. The first kappa shape index (κ1) is 11.2. The Bertz CT molecular complexity index is 634. The highest BCUT2D eigenvalue weighted by molar-refractivity contribution is 5.70. The van der Waals surface area contributed by atoms with Crippen molar-refractivity contribution in [1.29, 1.82) is 0 Å². The molecule has 1 fully saturated rings. The van der Waals surface area contributed by atoms with Crippen molar-refractivity contribution >= 4 is 11.2 Å². The number of ether oxygens (including phenoxy) is 2. The van der Waals surface area contributed by atoms with Gasteiger partial charge in [-0.25, -0.2) is 4.98 Å². The summed E-state index contributed by atoms with van der Waals surface area (Å²) in [5.74, 6) is 0.407. The van der Waals surface area contributed by atoms with Gasteiger partial charge in [0.15, 0.2) is 5.65 Å². The lowest BCUT2D eigenvalue weighted by molar-refractivity contribution is 0.383. The van der Waals surface area contributed by atoms with E-state index in [0.717, 1.165) is 13.0 Å². The topological polar surface area (TPSA) is 69.5 Å². The summed E-state index contributed by atoms with van der Waals surface area (Å²) in [4.78, 5) is 20.4. The average molecular weight is 247 g/mol. The summed E-state index contributed by atoms with van der Waals surface area (Å²) in [7, 11) is 1.53. The number of rotatable bonds is 4. The van der Waals surface area contributed by atoms with Crippen molar-refractivity contribution in [2.75, 3.05) is 13.7 Å². The maximum atomic E-state index is 11.9. The summed E-state index contributed by atoms with van der Waals surface area (Å²) in [5, 5.41) is 0. The van der Waals surface area contributed by atoms with Crippen LogP contribution < -0.4 is 10.3 Å². The summed E-state index contributed by atoms with van der Waals surface area (Å²) in [5.41, 5.74) is 1.17. The molecule has 6 heteroatoms. The van der Waals surface area contributed by atoms with Crippen LogP contribution in [0.15, 0.2) is 23.1 Å². The van der Waals surface area contributed by atoms with E-state index in [-0.39, 0.29) is 11.7 Å². The number of hydrogen-bond acceptors (Lipinski definition) is 5. The lowest BCUT2D eigenvalue weighted by Crippen LogP contribution is -2.21. The molecular formula is C12H13N3O3. The smallest absolute Gasteiger partial charge is 0.252 e. The third kappa shape index (κ3) is 2.06. The second-order valence-electron chi connectivity index (χ2n) is 4.19. The normalized spacial score (nSPS) is 17.9. The molecule has 0 aromatic carbocycles. The van der Waals surface area contributed by atoms with Crippen LogP contribution in [0.25, 0.3) is 11.2 Å². The molecule has 18 heavy (non-hydrogen) atoms. The standard InChI is InChI=1S/C12H13N3O3/c1-17-10-6-13-9-2-3-11(16)15(12(9)14-10)5-4-8-7-18-8/h2-3,6,8H,4-5,7H2,1H3/t8-/m0/s1. The van der Waals surface area contributed by atoms with Gasteiger partial charge in [0.25, 0.3) is 5.56 Å². The molecule has 3 rings (SSSR count). The molecule has 3 heterocycles. The van der Waals surface area contributed by atoms with Crippen LogP contribution in [0.5, 0.6) is 5.88 Å². The van der Waals surface area contributed by atoms with Gasteiger partial charge in [-0.15, -0.1) is 0 Å². The van der Waals surface area contributed by atoms with Crippen molar-refractivity contribution in [3.63, 3.8) is 0 Å². The molecular weight excluding hydrogens is 234 g/mol. The third-order valence-corrected chi connectivity index (χ3v) is 2.95. The molecule has 1 saturated heterocycles. The highest BCUT2D eigenvalue weighted by Gasteiger charge is 2.22. The molecule has 0 spiro atoms. The second kappa shape index (κ2) is 4.38. The third-order valence-electron chi connectivity index (χ3n) is 2.95. The highest BCUT2D eigenvalue weighted by Crippen LogP contribution is 2.16. The lowest BCUT2D eigenvalue weighted by atomic mass is 10.3. The highest BCUT2D eigenvalue weighted by atomic mass is 16.6. The zero-order valence-corrected chi connectivity index (χ0v) is 10.00. The second-order valence-corrected chi connectivity index (χ2v) is 4.19. The van der Waals surface area contributed by atoms with E-state index in [4.69, 9.17) is 9.47 Å². The van der Waals surface area contributed by atoms with Gasteiger partial charge >= 0.3 is 0 Å². The minimum atomic E-state index is -0.0781. The van der Waals surface area contributed by atoms with Crippen LogP contribution >= 0.6 is 0 Å². The number of nitrogens with zero attached hydrogens (tertiary/aromatic N) is 3. The summed E-state index contributed by atoms with van der Waals surface area (Å²) < 4.78 is 11.8. The van der Waals surface area contributed by atoms with Crippen LogP contribution in [-0.4, -0.2) is 34.4 Å². The molecule has 0 unspecified atom stereocenters. The Morgan fingerprint density at radius 1 is 1.56 bits per heavy atom. The molecule has 6 nitrogen and oxygen atoms in total. The largest absolute Gasteiger partial charge is 0.480 e. The van der Waals surface area contributed by atoms with E-state index >= 15 is 0 Å². The Morgan fingerprint density at radius 3 is 3.11 bits per heavy atom. The Hall–Kier alpha value is -1.95. The SMILES string of the molecule is COc1cnc2ccc(=O)n(CC[C@H]3CO3)c2n1. The number of hydrogen-bond donors (Lipinski definition) is 0. The Morgan fingerprint density at radius 2 is 2.39 bits per heavy atom. The van der Waals surface area contributed by atoms with Gasteiger partial charge in [-0.2, -0.15) is 4.98 Å². The van der Waals surface area contributed by atoms with Crippen molar-refractivity contribution in [2.45, 2.75) is 19.1 Å². The molecule has 0 aliphatic carbocycles. The fourth-order valence-electron chi connectivity index (χ4n) is 1.86. The number of methoxy groups -OCH3 is 1. The average Bonchev–Trinajstić information content (AvgIpc) is 3.21. The molecule has 94 valence electrons. The molecule has 1 atom stereocenters. The quantitative estimate of drug-likeness (QED) is 0.739. The molecule has 0 bridgehead atoms. The van der Waals surface area contributed by atoms with E-state index in [1.165, 1.54) is 13.2 Å². The fourth-order valence-corrected chi connectivity index (χ4v) is 1.86. The Balaban J connectivity index is 2.06. The summed E-state index contributed by atoms with van der Waals surface area (Å²) in [6.07, 6.45) is 2.64. The first-order chi connectivity index (χ1) is 8.78. The first-order valence-electron chi connectivity index (χ1n) is 5.80. The Kier molecular flexibility index (Phi) is 2.71. The predicted octanol–water partition coefficient (Wildman–Crippen LogP) is 0.589. The molecule has 0 radical (unpaired) electrons. The molecule has 0 amide bonds. The molecule has 1 aliphatic heterocycles. The van der Waals surface area contributed by atoms with Gasteiger partial charge < -0.3 is 9.47 Å². The lowest BCUT2D eigenvalue weighted by Gasteiger charge is -2.08. The van der Waals surface area contributed by atoms with Gasteiger partial charge in [0.1, 0.15) is 5.52 Å². The van der Waals surface area contributed by atoms with Crippen LogP contribution in [0.1, 0.15) is 6.42 Å². The number of aromatic nitrogens is 3. The van der Waals surface area contributed by atoms with E-state index < -0.39 is 0 Å². The van der Waals surface area contributed by atoms with Gasteiger partial charge in [-0.1, -0.05) is 0 Å². The number of epoxide rings is 1. The van der Waals surface area contributed by atoms with Crippen molar-refractivity contribution in [3.8, 4) is 5.88 Å². The molecule has 1 aliphatic rings. The molecule has 0 saturated carbocycles. The van der Waals surface area contributed by atoms with Crippen LogP contribution in [0.2, 0.25) is 0 Å².